The zero-order valence-corrected chi connectivity index (χ0v) is 12.8. The summed E-state index contributed by atoms with van der Waals surface area (Å²) in [4.78, 5) is 9.16. The van der Waals surface area contributed by atoms with Crippen molar-refractivity contribution in [2.24, 2.45) is 0 Å². The summed E-state index contributed by atoms with van der Waals surface area (Å²) in [5.74, 6) is 1.02. The third-order valence-corrected chi connectivity index (χ3v) is 3.03. The SMILES string of the molecule is CCCN(CCN(C)C)Cc1cccnc1NCC. The van der Waals surface area contributed by atoms with E-state index >= 15 is 0 Å². The first-order valence-corrected chi connectivity index (χ1v) is 7.22. The first kappa shape index (κ1) is 15.9. The summed E-state index contributed by atoms with van der Waals surface area (Å²) in [7, 11) is 4.25. The fourth-order valence-electron chi connectivity index (χ4n) is 2.06. The molecular weight excluding hydrogens is 236 g/mol. The molecule has 0 saturated carbocycles. The molecule has 0 atom stereocenters. The lowest BCUT2D eigenvalue weighted by molar-refractivity contribution is 0.234. The van der Waals surface area contributed by atoms with Crippen LogP contribution in [0.1, 0.15) is 25.8 Å². The van der Waals surface area contributed by atoms with Gasteiger partial charge < -0.3 is 10.2 Å². The molecule has 108 valence electrons. The van der Waals surface area contributed by atoms with Crippen LogP contribution in [0.5, 0.6) is 0 Å². The molecule has 1 heterocycles. The molecule has 1 aromatic heterocycles. The molecule has 0 radical (unpaired) electrons. The lowest BCUT2D eigenvalue weighted by Gasteiger charge is -2.24. The first-order chi connectivity index (χ1) is 9.17. The fraction of sp³-hybridized carbons (Fsp3) is 0.667. The normalized spacial score (nSPS) is 11.3. The average Bonchev–Trinajstić information content (AvgIpc) is 2.38. The second-order valence-electron chi connectivity index (χ2n) is 5.12. The lowest BCUT2D eigenvalue weighted by Crippen LogP contribution is -2.32. The van der Waals surface area contributed by atoms with Crippen LogP contribution in [-0.4, -0.2) is 55.1 Å². The summed E-state index contributed by atoms with van der Waals surface area (Å²) >= 11 is 0. The molecule has 0 saturated heterocycles. The Bertz CT molecular complexity index is 352. The van der Waals surface area contributed by atoms with E-state index in [0.717, 1.165) is 38.5 Å². The van der Waals surface area contributed by atoms with Crippen molar-refractivity contribution in [2.75, 3.05) is 45.6 Å². The van der Waals surface area contributed by atoms with E-state index in [1.807, 2.05) is 12.3 Å². The van der Waals surface area contributed by atoms with Crippen molar-refractivity contribution < 1.29 is 0 Å². The predicted octanol–water partition coefficient (Wildman–Crippen LogP) is 2.29. The van der Waals surface area contributed by atoms with Crippen LogP contribution in [0.4, 0.5) is 5.82 Å². The smallest absolute Gasteiger partial charge is 0.130 e. The Labute approximate surface area is 117 Å². The second kappa shape index (κ2) is 8.88. The van der Waals surface area contributed by atoms with Gasteiger partial charge in [-0.05, 0) is 40.1 Å². The number of hydrogen-bond acceptors (Lipinski definition) is 4. The molecule has 0 fully saturated rings. The summed E-state index contributed by atoms with van der Waals surface area (Å²) in [5, 5.41) is 3.34. The van der Waals surface area contributed by atoms with Crippen LogP contribution in [0.25, 0.3) is 0 Å². The molecule has 0 aliphatic carbocycles. The van der Waals surface area contributed by atoms with Crippen LogP contribution in [0.15, 0.2) is 18.3 Å². The summed E-state index contributed by atoms with van der Waals surface area (Å²) < 4.78 is 0. The van der Waals surface area contributed by atoms with Crippen LogP contribution in [0.2, 0.25) is 0 Å². The summed E-state index contributed by atoms with van der Waals surface area (Å²) in [6.07, 6.45) is 3.04. The molecule has 4 nitrogen and oxygen atoms in total. The molecule has 1 aromatic rings. The van der Waals surface area contributed by atoms with Gasteiger partial charge in [-0.2, -0.15) is 0 Å². The van der Waals surface area contributed by atoms with Crippen LogP contribution in [0.3, 0.4) is 0 Å². The van der Waals surface area contributed by atoms with E-state index in [9.17, 15) is 0 Å². The quantitative estimate of drug-likeness (QED) is 0.741. The molecule has 19 heavy (non-hydrogen) atoms. The number of aromatic nitrogens is 1. The molecule has 0 aliphatic heterocycles. The largest absolute Gasteiger partial charge is 0.370 e. The van der Waals surface area contributed by atoms with Gasteiger partial charge in [0.15, 0.2) is 0 Å². The molecule has 0 bridgehead atoms. The van der Waals surface area contributed by atoms with E-state index in [1.165, 1.54) is 12.0 Å². The number of nitrogens with zero attached hydrogens (tertiary/aromatic N) is 3. The van der Waals surface area contributed by atoms with E-state index in [1.54, 1.807) is 0 Å². The monoisotopic (exact) mass is 264 g/mol. The van der Waals surface area contributed by atoms with Crippen LogP contribution in [-0.2, 0) is 6.54 Å². The Morgan fingerprint density at radius 2 is 1.95 bits per heavy atom. The van der Waals surface area contributed by atoms with Crippen LogP contribution in [0, 0.1) is 0 Å². The Morgan fingerprint density at radius 3 is 2.58 bits per heavy atom. The highest BCUT2D eigenvalue weighted by molar-refractivity contribution is 5.43. The van der Waals surface area contributed by atoms with Gasteiger partial charge in [0, 0.05) is 37.9 Å². The van der Waals surface area contributed by atoms with Crippen molar-refractivity contribution in [3.8, 4) is 0 Å². The molecule has 0 spiro atoms. The minimum absolute atomic E-state index is 0.912. The standard InChI is InChI=1S/C15H28N4/c1-5-10-19(12-11-18(3)4)13-14-8-7-9-17-15(14)16-6-2/h7-9H,5-6,10-13H2,1-4H3,(H,16,17). The molecular formula is C15H28N4. The Balaban J connectivity index is 2.66. The minimum Gasteiger partial charge on any atom is -0.370 e. The number of rotatable bonds is 9. The van der Waals surface area contributed by atoms with Crippen molar-refractivity contribution in [1.29, 1.82) is 0 Å². The van der Waals surface area contributed by atoms with E-state index < -0.39 is 0 Å². The first-order valence-electron chi connectivity index (χ1n) is 7.22. The van der Waals surface area contributed by atoms with Gasteiger partial charge in [0.1, 0.15) is 5.82 Å². The highest BCUT2D eigenvalue weighted by Gasteiger charge is 2.09. The highest BCUT2D eigenvalue weighted by atomic mass is 15.2. The highest BCUT2D eigenvalue weighted by Crippen LogP contribution is 2.14. The Hall–Kier alpha value is -1.13. The number of pyridine rings is 1. The third-order valence-electron chi connectivity index (χ3n) is 3.03. The fourth-order valence-corrected chi connectivity index (χ4v) is 2.06. The molecule has 0 aromatic carbocycles. The summed E-state index contributed by atoms with van der Waals surface area (Å²) in [6, 6.07) is 4.19. The van der Waals surface area contributed by atoms with E-state index in [4.69, 9.17) is 0 Å². The van der Waals surface area contributed by atoms with Gasteiger partial charge in [-0.3, -0.25) is 4.90 Å². The lowest BCUT2D eigenvalue weighted by atomic mass is 10.2. The van der Waals surface area contributed by atoms with Gasteiger partial charge in [-0.25, -0.2) is 4.98 Å². The maximum atomic E-state index is 4.43. The zero-order chi connectivity index (χ0) is 14.1. The summed E-state index contributed by atoms with van der Waals surface area (Å²) in [6.45, 7) is 9.55. The number of likely N-dealkylation sites (N-methyl/N-ethyl adjacent to an activating group) is 1. The van der Waals surface area contributed by atoms with Crippen molar-refractivity contribution in [1.82, 2.24) is 14.8 Å². The maximum Gasteiger partial charge on any atom is 0.130 e. The van der Waals surface area contributed by atoms with Crippen molar-refractivity contribution in [2.45, 2.75) is 26.8 Å². The van der Waals surface area contributed by atoms with Gasteiger partial charge in [0.2, 0.25) is 0 Å². The topological polar surface area (TPSA) is 31.4 Å². The van der Waals surface area contributed by atoms with Gasteiger partial charge in [0.05, 0.1) is 0 Å². The van der Waals surface area contributed by atoms with E-state index in [0.29, 0.717) is 0 Å². The van der Waals surface area contributed by atoms with Crippen molar-refractivity contribution in [3.63, 3.8) is 0 Å². The van der Waals surface area contributed by atoms with Crippen LogP contribution >= 0.6 is 0 Å². The number of anilines is 1. The van der Waals surface area contributed by atoms with E-state index in [-0.39, 0.29) is 0 Å². The van der Waals surface area contributed by atoms with E-state index in [2.05, 4.69) is 54.1 Å². The molecule has 0 aliphatic rings. The zero-order valence-electron chi connectivity index (χ0n) is 12.8. The second-order valence-corrected chi connectivity index (χ2v) is 5.12. The third kappa shape index (κ3) is 6.03. The van der Waals surface area contributed by atoms with Gasteiger partial charge in [-0.15, -0.1) is 0 Å². The van der Waals surface area contributed by atoms with Gasteiger partial charge in [-0.1, -0.05) is 13.0 Å². The summed E-state index contributed by atoms with van der Waals surface area (Å²) in [5.41, 5.74) is 1.29. The number of nitrogens with one attached hydrogen (secondary N) is 1. The molecule has 1 rings (SSSR count). The molecule has 4 heteroatoms. The van der Waals surface area contributed by atoms with Crippen LogP contribution < -0.4 is 5.32 Å². The van der Waals surface area contributed by atoms with Crippen molar-refractivity contribution >= 4 is 5.82 Å². The van der Waals surface area contributed by atoms with Crippen molar-refractivity contribution in [3.05, 3.63) is 23.9 Å². The molecule has 1 N–H and O–H groups in total. The number of hydrogen-bond donors (Lipinski definition) is 1. The van der Waals surface area contributed by atoms with Gasteiger partial charge in [0.25, 0.3) is 0 Å². The Kier molecular flexibility index (Phi) is 7.45. The molecule has 0 amide bonds. The average molecular weight is 264 g/mol. The predicted molar refractivity (Wildman–Crippen MR) is 82.5 cm³/mol. The minimum atomic E-state index is 0.912. The Morgan fingerprint density at radius 1 is 1.16 bits per heavy atom. The molecule has 0 unspecified atom stereocenters. The van der Waals surface area contributed by atoms with Gasteiger partial charge >= 0.3 is 0 Å². The maximum absolute atomic E-state index is 4.43.